The van der Waals surface area contributed by atoms with Crippen LogP contribution in [0.5, 0.6) is 5.75 Å². The lowest BCUT2D eigenvalue weighted by molar-refractivity contribution is 0.300. The molecule has 0 aliphatic heterocycles. The van der Waals surface area contributed by atoms with Gasteiger partial charge in [-0.1, -0.05) is 33.5 Å². The maximum atomic E-state index is 8.65. The number of hydrogen-bond acceptors (Lipinski definition) is 5. The third-order valence-corrected chi connectivity index (χ3v) is 3.45. The van der Waals surface area contributed by atoms with Gasteiger partial charge in [-0.3, -0.25) is 0 Å². The fourth-order valence-electron chi connectivity index (χ4n) is 1.86. The summed E-state index contributed by atoms with van der Waals surface area (Å²) in [5, 5.41) is 16.0. The highest BCUT2D eigenvalue weighted by atomic mass is 35.5. The highest BCUT2D eigenvalue weighted by molar-refractivity contribution is 6.37. The Hall–Kier alpha value is -1.92. The SMILES string of the molecule is Cc1cc(CCCOc2c(Cl)cc(C(N)=NO)cc2Cl)on1. The van der Waals surface area contributed by atoms with Crippen molar-refractivity contribution in [3.63, 3.8) is 0 Å². The summed E-state index contributed by atoms with van der Waals surface area (Å²) < 4.78 is 10.7. The Kier molecular flexibility index (Phi) is 5.51. The number of hydrogen-bond donors (Lipinski definition) is 2. The van der Waals surface area contributed by atoms with Gasteiger partial charge in [0, 0.05) is 18.1 Å². The molecule has 1 aromatic heterocycles. The largest absolute Gasteiger partial charge is 0.490 e. The molecule has 22 heavy (non-hydrogen) atoms. The van der Waals surface area contributed by atoms with Gasteiger partial charge in [0.25, 0.3) is 0 Å². The summed E-state index contributed by atoms with van der Waals surface area (Å²) in [6, 6.07) is 4.93. The molecule has 0 aliphatic rings. The van der Waals surface area contributed by atoms with E-state index < -0.39 is 0 Å². The molecule has 6 nitrogen and oxygen atoms in total. The third kappa shape index (κ3) is 4.05. The summed E-state index contributed by atoms with van der Waals surface area (Å²) in [6.07, 6.45) is 1.43. The van der Waals surface area contributed by atoms with Crippen LogP contribution in [-0.2, 0) is 6.42 Å². The number of halogens is 2. The van der Waals surface area contributed by atoms with Crippen LogP contribution in [0.15, 0.2) is 27.9 Å². The van der Waals surface area contributed by atoms with Crippen LogP contribution in [0.2, 0.25) is 10.0 Å². The summed E-state index contributed by atoms with van der Waals surface area (Å²) in [4.78, 5) is 0. The highest BCUT2D eigenvalue weighted by Crippen LogP contribution is 2.34. The fourth-order valence-corrected chi connectivity index (χ4v) is 2.45. The van der Waals surface area contributed by atoms with Crippen molar-refractivity contribution in [2.75, 3.05) is 6.61 Å². The molecular weight excluding hydrogens is 329 g/mol. The van der Waals surface area contributed by atoms with Crippen molar-refractivity contribution in [1.82, 2.24) is 5.16 Å². The Bertz CT molecular complexity index is 663. The maximum Gasteiger partial charge on any atom is 0.170 e. The van der Waals surface area contributed by atoms with Gasteiger partial charge < -0.3 is 20.2 Å². The lowest BCUT2D eigenvalue weighted by atomic mass is 10.2. The number of benzene rings is 1. The molecule has 0 radical (unpaired) electrons. The Morgan fingerprint density at radius 1 is 1.36 bits per heavy atom. The second kappa shape index (κ2) is 7.38. The molecule has 3 N–H and O–H groups in total. The van der Waals surface area contributed by atoms with Crippen LogP contribution < -0.4 is 10.5 Å². The summed E-state index contributed by atoms with van der Waals surface area (Å²) >= 11 is 12.2. The molecule has 118 valence electrons. The van der Waals surface area contributed by atoms with Gasteiger partial charge in [-0.2, -0.15) is 0 Å². The molecule has 0 unspecified atom stereocenters. The molecule has 2 aromatic rings. The number of nitrogens with zero attached hydrogens (tertiary/aromatic N) is 2. The molecule has 0 spiro atoms. The van der Waals surface area contributed by atoms with E-state index in [0.717, 1.165) is 17.9 Å². The zero-order valence-corrected chi connectivity index (χ0v) is 13.4. The van der Waals surface area contributed by atoms with Crippen LogP contribution in [0.3, 0.4) is 0 Å². The molecule has 1 heterocycles. The number of amidine groups is 1. The van der Waals surface area contributed by atoms with Crippen LogP contribution in [0, 0.1) is 6.92 Å². The molecule has 1 aromatic carbocycles. The highest BCUT2D eigenvalue weighted by Gasteiger charge is 2.12. The predicted molar refractivity (Wildman–Crippen MR) is 84.0 cm³/mol. The van der Waals surface area contributed by atoms with E-state index in [4.69, 9.17) is 43.4 Å². The van der Waals surface area contributed by atoms with Gasteiger partial charge in [-0.05, 0) is 25.5 Å². The van der Waals surface area contributed by atoms with E-state index in [1.807, 2.05) is 13.0 Å². The van der Waals surface area contributed by atoms with Crippen molar-refractivity contribution in [1.29, 1.82) is 0 Å². The van der Waals surface area contributed by atoms with E-state index >= 15 is 0 Å². The van der Waals surface area contributed by atoms with Gasteiger partial charge in [0.05, 0.1) is 22.3 Å². The molecule has 0 saturated carbocycles. The molecule has 0 saturated heterocycles. The average Bonchev–Trinajstić information content (AvgIpc) is 2.90. The molecule has 2 rings (SSSR count). The van der Waals surface area contributed by atoms with Crippen LogP contribution in [0.1, 0.15) is 23.4 Å². The van der Waals surface area contributed by atoms with E-state index in [0.29, 0.717) is 34.4 Å². The number of rotatable bonds is 6. The quantitative estimate of drug-likeness (QED) is 0.275. The van der Waals surface area contributed by atoms with Crippen LogP contribution in [0.25, 0.3) is 0 Å². The monoisotopic (exact) mass is 343 g/mol. The van der Waals surface area contributed by atoms with Gasteiger partial charge in [0.2, 0.25) is 0 Å². The van der Waals surface area contributed by atoms with Crippen molar-refractivity contribution in [2.24, 2.45) is 10.9 Å². The van der Waals surface area contributed by atoms with Crippen molar-refractivity contribution < 1.29 is 14.5 Å². The number of nitrogens with two attached hydrogens (primary N) is 1. The van der Waals surface area contributed by atoms with Gasteiger partial charge in [-0.25, -0.2) is 0 Å². The Morgan fingerprint density at radius 3 is 2.59 bits per heavy atom. The van der Waals surface area contributed by atoms with Crippen LogP contribution in [0.4, 0.5) is 0 Å². The van der Waals surface area contributed by atoms with Gasteiger partial charge >= 0.3 is 0 Å². The first-order valence-corrected chi connectivity index (χ1v) is 7.28. The van der Waals surface area contributed by atoms with Crippen molar-refractivity contribution in [3.05, 3.63) is 45.3 Å². The van der Waals surface area contributed by atoms with E-state index in [9.17, 15) is 0 Å². The molecule has 0 atom stereocenters. The van der Waals surface area contributed by atoms with Crippen LogP contribution in [-0.4, -0.2) is 22.8 Å². The van der Waals surface area contributed by atoms with Gasteiger partial charge in [0.15, 0.2) is 11.6 Å². The molecule has 0 amide bonds. The first kappa shape index (κ1) is 16.5. The summed E-state index contributed by atoms with van der Waals surface area (Å²) in [5.74, 6) is 1.10. The number of aromatic nitrogens is 1. The second-order valence-corrected chi connectivity index (χ2v) is 5.46. The Morgan fingerprint density at radius 2 is 2.05 bits per heavy atom. The summed E-state index contributed by atoms with van der Waals surface area (Å²) in [5.41, 5.74) is 6.76. The molecular formula is C14H15Cl2N3O3. The second-order valence-electron chi connectivity index (χ2n) is 4.64. The van der Waals surface area contributed by atoms with Crippen molar-refractivity contribution in [2.45, 2.75) is 19.8 Å². The zero-order chi connectivity index (χ0) is 16.1. The normalized spacial score (nSPS) is 11.7. The lowest BCUT2D eigenvalue weighted by Gasteiger charge is -2.11. The van der Waals surface area contributed by atoms with Crippen molar-refractivity contribution in [3.8, 4) is 5.75 Å². The number of aryl methyl sites for hydroxylation is 2. The predicted octanol–water partition coefficient (Wildman–Crippen LogP) is 3.40. The summed E-state index contributed by atoms with van der Waals surface area (Å²) in [7, 11) is 0. The van der Waals surface area contributed by atoms with Gasteiger partial charge in [0.1, 0.15) is 5.76 Å². The minimum Gasteiger partial charge on any atom is -0.490 e. The molecule has 0 fully saturated rings. The Balaban J connectivity index is 1.95. The van der Waals surface area contributed by atoms with Crippen molar-refractivity contribution >= 4 is 29.0 Å². The Labute approximate surface area is 137 Å². The fraction of sp³-hybridized carbons (Fsp3) is 0.286. The lowest BCUT2D eigenvalue weighted by Crippen LogP contribution is -2.13. The van der Waals surface area contributed by atoms with Crippen LogP contribution >= 0.6 is 23.2 Å². The third-order valence-electron chi connectivity index (χ3n) is 2.89. The topological polar surface area (TPSA) is 93.9 Å². The molecule has 0 bridgehead atoms. The standard InChI is InChI=1S/C14H15Cl2N3O3/c1-8-5-10(22-19-8)3-2-4-21-13-11(15)6-9(7-12(13)16)14(17)18-20/h5-7,20H,2-4H2,1H3,(H2,17,18). The number of oxime groups is 1. The van der Waals surface area contributed by atoms with Gasteiger partial charge in [-0.15, -0.1) is 0 Å². The first-order valence-electron chi connectivity index (χ1n) is 6.53. The summed E-state index contributed by atoms with van der Waals surface area (Å²) in [6.45, 7) is 2.29. The smallest absolute Gasteiger partial charge is 0.170 e. The zero-order valence-electron chi connectivity index (χ0n) is 11.8. The average molecular weight is 344 g/mol. The first-order chi connectivity index (χ1) is 10.5. The van der Waals surface area contributed by atoms with E-state index in [1.165, 1.54) is 12.1 Å². The van der Waals surface area contributed by atoms with E-state index in [2.05, 4.69) is 10.3 Å². The number of ether oxygens (including phenoxy) is 1. The molecule has 8 heteroatoms. The minimum absolute atomic E-state index is 0.0731. The van der Waals surface area contributed by atoms with E-state index in [-0.39, 0.29) is 5.84 Å². The molecule has 0 aliphatic carbocycles. The minimum atomic E-state index is -0.0731. The van der Waals surface area contributed by atoms with E-state index in [1.54, 1.807) is 0 Å². The maximum absolute atomic E-state index is 8.65.